The molecule has 3 aromatic rings. The zero-order chi connectivity index (χ0) is 25.1. The van der Waals surface area contributed by atoms with E-state index in [1.54, 1.807) is 7.11 Å². The van der Waals surface area contributed by atoms with Crippen LogP contribution in [0.4, 0.5) is 11.4 Å². The molecule has 1 amide bonds. The molecule has 0 aliphatic carbocycles. The lowest BCUT2D eigenvalue weighted by Crippen LogP contribution is -2.44. The van der Waals surface area contributed by atoms with Gasteiger partial charge < -0.3 is 25.4 Å². The van der Waals surface area contributed by atoms with Gasteiger partial charge in [-0.3, -0.25) is 4.79 Å². The summed E-state index contributed by atoms with van der Waals surface area (Å²) >= 11 is 5.41. The first-order valence-corrected chi connectivity index (χ1v) is 11.7. The number of aliphatic carboxylic acids is 1. The predicted molar refractivity (Wildman–Crippen MR) is 141 cm³/mol. The van der Waals surface area contributed by atoms with E-state index >= 15 is 0 Å². The maximum Gasteiger partial charge on any atom is 0.326 e. The summed E-state index contributed by atoms with van der Waals surface area (Å²) in [5, 5.41) is 16.3. The van der Waals surface area contributed by atoms with Gasteiger partial charge >= 0.3 is 5.97 Å². The van der Waals surface area contributed by atoms with Crippen molar-refractivity contribution in [3.8, 4) is 16.9 Å². The van der Waals surface area contributed by atoms with Gasteiger partial charge in [-0.15, -0.1) is 0 Å². The second-order valence-electron chi connectivity index (χ2n) is 8.72. The van der Waals surface area contributed by atoms with Crippen molar-refractivity contribution in [1.82, 2.24) is 4.90 Å². The second-order valence-corrected chi connectivity index (χ2v) is 9.13. The first kappa shape index (κ1) is 24.2. The SMILES string of the molecule is COc1cccc(NC(=S)Nc2ccc(-c3ccc4c(c3)C(=O)N(C(C(=O)O)C(C)C)C4)cc2)c1. The quantitative estimate of drug-likeness (QED) is 0.391. The largest absolute Gasteiger partial charge is 0.497 e. The van der Waals surface area contributed by atoms with E-state index in [1.165, 1.54) is 4.90 Å². The summed E-state index contributed by atoms with van der Waals surface area (Å²) in [6.45, 7) is 3.94. The van der Waals surface area contributed by atoms with E-state index in [1.807, 2.05) is 80.6 Å². The van der Waals surface area contributed by atoms with E-state index in [0.29, 0.717) is 17.2 Å². The fourth-order valence-corrected chi connectivity index (χ4v) is 4.48. The fourth-order valence-electron chi connectivity index (χ4n) is 4.25. The second kappa shape index (κ2) is 10.1. The Kier molecular flexibility index (Phi) is 7.02. The first-order chi connectivity index (χ1) is 16.8. The number of methoxy groups -OCH3 is 1. The molecule has 0 saturated heterocycles. The summed E-state index contributed by atoms with van der Waals surface area (Å²) in [7, 11) is 1.61. The Morgan fingerprint density at radius 1 is 1.00 bits per heavy atom. The number of ether oxygens (including phenoxy) is 1. The molecule has 1 atom stereocenters. The van der Waals surface area contributed by atoms with Gasteiger partial charge in [0.25, 0.3) is 5.91 Å². The zero-order valence-corrected chi connectivity index (χ0v) is 20.6. The molecule has 3 aromatic carbocycles. The third kappa shape index (κ3) is 5.27. The normalized spacial score (nSPS) is 13.4. The highest BCUT2D eigenvalue weighted by molar-refractivity contribution is 7.80. The van der Waals surface area contributed by atoms with E-state index in [9.17, 15) is 14.7 Å². The Labute approximate surface area is 209 Å². The number of hydrogen-bond acceptors (Lipinski definition) is 4. The van der Waals surface area contributed by atoms with Crippen LogP contribution in [-0.4, -0.2) is 40.1 Å². The zero-order valence-electron chi connectivity index (χ0n) is 19.7. The summed E-state index contributed by atoms with van der Waals surface area (Å²) in [6.07, 6.45) is 0. The minimum Gasteiger partial charge on any atom is -0.497 e. The van der Waals surface area contributed by atoms with Gasteiger partial charge in [0.05, 0.1) is 7.11 Å². The summed E-state index contributed by atoms with van der Waals surface area (Å²) in [5.41, 5.74) is 4.86. The summed E-state index contributed by atoms with van der Waals surface area (Å²) in [5.74, 6) is -0.672. The number of rotatable bonds is 7. The average Bonchev–Trinajstić information content (AvgIpc) is 3.14. The molecule has 1 unspecified atom stereocenters. The molecular weight excluding hydrogens is 462 g/mol. The third-order valence-electron chi connectivity index (χ3n) is 5.97. The minimum atomic E-state index is -0.983. The molecule has 7 nitrogen and oxygen atoms in total. The lowest BCUT2D eigenvalue weighted by atomic mass is 10.00. The molecule has 35 heavy (non-hydrogen) atoms. The number of carboxylic acid groups (broad SMARTS) is 1. The van der Waals surface area contributed by atoms with Gasteiger partial charge in [-0.05, 0) is 65.2 Å². The number of anilines is 2. The molecule has 8 heteroatoms. The number of amides is 1. The molecule has 0 fully saturated rings. The van der Waals surface area contributed by atoms with E-state index in [0.717, 1.165) is 33.8 Å². The number of thiocarbonyl (C=S) groups is 1. The number of nitrogens with zero attached hydrogens (tertiary/aromatic N) is 1. The Hall–Kier alpha value is -3.91. The molecule has 0 radical (unpaired) electrons. The molecule has 0 aromatic heterocycles. The van der Waals surface area contributed by atoms with Crippen LogP contribution in [0.1, 0.15) is 29.8 Å². The van der Waals surface area contributed by atoms with Crippen LogP contribution in [-0.2, 0) is 11.3 Å². The van der Waals surface area contributed by atoms with Gasteiger partial charge in [-0.25, -0.2) is 4.79 Å². The predicted octanol–water partition coefficient (Wildman–Crippen LogP) is 5.24. The monoisotopic (exact) mass is 489 g/mol. The van der Waals surface area contributed by atoms with Crippen LogP contribution >= 0.6 is 12.2 Å². The van der Waals surface area contributed by atoms with Gasteiger partial charge in [-0.2, -0.15) is 0 Å². The molecule has 0 spiro atoms. The van der Waals surface area contributed by atoms with Crippen LogP contribution in [0.15, 0.2) is 66.7 Å². The van der Waals surface area contributed by atoms with Gasteiger partial charge in [-0.1, -0.05) is 44.2 Å². The standard InChI is InChI=1S/C27H27N3O4S/c1-16(2)24(26(32)33)30-15-19-8-7-18(13-23(19)25(30)31)17-9-11-20(12-10-17)28-27(35)29-21-5-4-6-22(14-21)34-3/h4-14,16,24H,15H2,1-3H3,(H,32,33)(H2,28,29,35). The van der Waals surface area contributed by atoms with Crippen LogP contribution in [0.5, 0.6) is 5.75 Å². The fraction of sp³-hybridized carbons (Fsp3) is 0.222. The number of benzene rings is 3. The van der Waals surface area contributed by atoms with Gasteiger partial charge in [0.15, 0.2) is 5.11 Å². The molecule has 1 aliphatic heterocycles. The van der Waals surface area contributed by atoms with Crippen molar-refractivity contribution in [3.63, 3.8) is 0 Å². The van der Waals surface area contributed by atoms with Gasteiger partial charge in [0, 0.05) is 29.5 Å². The Morgan fingerprint density at radius 2 is 1.69 bits per heavy atom. The number of carboxylic acids is 1. The summed E-state index contributed by atoms with van der Waals surface area (Å²) in [6, 6.07) is 20.1. The maximum absolute atomic E-state index is 13.0. The average molecular weight is 490 g/mol. The smallest absolute Gasteiger partial charge is 0.326 e. The van der Waals surface area contributed by atoms with Crippen molar-refractivity contribution in [1.29, 1.82) is 0 Å². The summed E-state index contributed by atoms with van der Waals surface area (Å²) < 4.78 is 5.23. The van der Waals surface area contributed by atoms with Crippen molar-refractivity contribution in [2.24, 2.45) is 5.92 Å². The Morgan fingerprint density at radius 3 is 2.34 bits per heavy atom. The molecule has 1 heterocycles. The topological polar surface area (TPSA) is 90.9 Å². The highest BCUT2D eigenvalue weighted by atomic mass is 32.1. The number of nitrogens with one attached hydrogen (secondary N) is 2. The van der Waals surface area contributed by atoms with Crippen molar-refractivity contribution in [2.45, 2.75) is 26.4 Å². The molecule has 4 rings (SSSR count). The van der Waals surface area contributed by atoms with Crippen molar-refractivity contribution >= 4 is 40.6 Å². The lowest BCUT2D eigenvalue weighted by Gasteiger charge is -2.27. The van der Waals surface area contributed by atoms with Crippen LogP contribution < -0.4 is 15.4 Å². The molecule has 0 saturated carbocycles. The van der Waals surface area contributed by atoms with Gasteiger partial charge in [0.2, 0.25) is 0 Å². The highest BCUT2D eigenvalue weighted by Gasteiger charge is 2.38. The van der Waals surface area contributed by atoms with Crippen molar-refractivity contribution < 1.29 is 19.4 Å². The Balaban J connectivity index is 1.46. The lowest BCUT2D eigenvalue weighted by molar-refractivity contribution is -0.144. The number of fused-ring (bicyclic) bond motifs is 1. The van der Waals surface area contributed by atoms with Crippen molar-refractivity contribution in [3.05, 3.63) is 77.9 Å². The number of carbonyl (C=O) groups is 2. The van der Waals surface area contributed by atoms with Crippen molar-refractivity contribution in [2.75, 3.05) is 17.7 Å². The molecule has 1 aliphatic rings. The molecular formula is C27H27N3O4S. The highest BCUT2D eigenvalue weighted by Crippen LogP contribution is 2.31. The summed E-state index contributed by atoms with van der Waals surface area (Å²) in [4.78, 5) is 26.2. The number of carbonyl (C=O) groups excluding carboxylic acids is 1. The maximum atomic E-state index is 13.0. The van der Waals surface area contributed by atoms with Crippen LogP contribution in [0.25, 0.3) is 11.1 Å². The third-order valence-corrected chi connectivity index (χ3v) is 6.17. The minimum absolute atomic E-state index is 0.185. The van der Waals surface area contributed by atoms with E-state index < -0.39 is 12.0 Å². The van der Waals surface area contributed by atoms with Crippen LogP contribution in [0.2, 0.25) is 0 Å². The molecule has 180 valence electrons. The molecule has 3 N–H and O–H groups in total. The van der Waals surface area contributed by atoms with Crippen LogP contribution in [0.3, 0.4) is 0 Å². The number of hydrogen-bond donors (Lipinski definition) is 3. The van der Waals surface area contributed by atoms with Gasteiger partial charge in [0.1, 0.15) is 11.8 Å². The van der Waals surface area contributed by atoms with E-state index in [-0.39, 0.29) is 11.8 Å². The Bertz CT molecular complexity index is 1270. The van der Waals surface area contributed by atoms with Crippen LogP contribution in [0, 0.1) is 5.92 Å². The van der Waals surface area contributed by atoms with E-state index in [4.69, 9.17) is 17.0 Å². The molecule has 0 bridgehead atoms. The first-order valence-electron chi connectivity index (χ1n) is 11.3. The van der Waals surface area contributed by atoms with E-state index in [2.05, 4.69) is 10.6 Å².